The van der Waals surface area contributed by atoms with Crippen LogP contribution in [0.25, 0.3) is 11.8 Å². The number of barbiturate groups is 1. The van der Waals surface area contributed by atoms with Crippen molar-refractivity contribution < 1.29 is 23.9 Å². The molecule has 3 aromatic rings. The van der Waals surface area contributed by atoms with E-state index >= 15 is 0 Å². The van der Waals surface area contributed by atoms with Crippen molar-refractivity contribution in [2.45, 2.75) is 27.2 Å². The van der Waals surface area contributed by atoms with Crippen molar-refractivity contribution in [1.29, 1.82) is 0 Å². The highest BCUT2D eigenvalue weighted by Gasteiger charge is 2.37. The molecule has 172 valence electrons. The van der Waals surface area contributed by atoms with Gasteiger partial charge in [-0.05, 0) is 67.8 Å². The van der Waals surface area contributed by atoms with Gasteiger partial charge in [0.1, 0.15) is 5.57 Å². The number of nitrogens with zero attached hydrogens (tertiary/aromatic N) is 2. The highest BCUT2D eigenvalue weighted by Crippen LogP contribution is 2.35. The minimum atomic E-state index is -0.762. The Morgan fingerprint density at radius 1 is 0.941 bits per heavy atom. The topological polar surface area (TPSA) is 89.9 Å². The maximum absolute atomic E-state index is 13.2. The minimum absolute atomic E-state index is 0.106. The molecule has 2 aromatic carbocycles. The Balaban J connectivity index is 1.52. The summed E-state index contributed by atoms with van der Waals surface area (Å²) in [7, 11) is 0. The van der Waals surface area contributed by atoms with Crippen molar-refractivity contribution >= 4 is 29.6 Å². The number of aromatic nitrogens is 1. The van der Waals surface area contributed by atoms with E-state index in [0.717, 1.165) is 34.0 Å². The second-order valence-electron chi connectivity index (χ2n) is 8.18. The van der Waals surface area contributed by atoms with Gasteiger partial charge in [-0.2, -0.15) is 0 Å². The fraction of sp³-hybridized carbons (Fsp3) is 0.192. The van der Waals surface area contributed by atoms with Gasteiger partial charge in [-0.25, -0.2) is 9.69 Å². The number of anilines is 1. The molecule has 1 N–H and O–H groups in total. The van der Waals surface area contributed by atoms with Crippen molar-refractivity contribution in [3.63, 3.8) is 0 Å². The van der Waals surface area contributed by atoms with Crippen LogP contribution in [0.2, 0.25) is 0 Å². The van der Waals surface area contributed by atoms with Crippen LogP contribution < -0.4 is 19.7 Å². The van der Waals surface area contributed by atoms with Crippen molar-refractivity contribution in [1.82, 2.24) is 9.88 Å². The maximum Gasteiger partial charge on any atom is 0.335 e. The molecule has 4 amide bonds. The maximum atomic E-state index is 13.2. The van der Waals surface area contributed by atoms with E-state index in [1.54, 1.807) is 12.1 Å². The van der Waals surface area contributed by atoms with E-state index in [1.807, 2.05) is 61.7 Å². The van der Waals surface area contributed by atoms with Gasteiger partial charge in [-0.3, -0.25) is 14.9 Å². The summed E-state index contributed by atoms with van der Waals surface area (Å²) >= 11 is 0. The number of fused-ring (bicyclic) bond motifs is 1. The molecule has 0 spiro atoms. The third-order valence-corrected chi connectivity index (χ3v) is 6.09. The van der Waals surface area contributed by atoms with Crippen LogP contribution in [0.3, 0.4) is 0 Å². The zero-order valence-electron chi connectivity index (χ0n) is 19.0. The molecule has 0 saturated carbocycles. The fourth-order valence-corrected chi connectivity index (χ4v) is 4.28. The number of imide groups is 2. The zero-order valence-corrected chi connectivity index (χ0v) is 19.0. The molecule has 3 heterocycles. The van der Waals surface area contributed by atoms with Gasteiger partial charge >= 0.3 is 6.03 Å². The largest absolute Gasteiger partial charge is 0.454 e. The molecule has 0 aliphatic carbocycles. The van der Waals surface area contributed by atoms with Crippen LogP contribution in [-0.4, -0.2) is 29.2 Å². The van der Waals surface area contributed by atoms with Crippen molar-refractivity contribution in [2.24, 2.45) is 0 Å². The van der Waals surface area contributed by atoms with Gasteiger partial charge in [0.2, 0.25) is 6.79 Å². The Kier molecular flexibility index (Phi) is 5.20. The highest BCUT2D eigenvalue weighted by atomic mass is 16.7. The summed E-state index contributed by atoms with van der Waals surface area (Å²) in [5, 5.41) is 2.28. The Morgan fingerprint density at radius 2 is 1.65 bits per heavy atom. The Morgan fingerprint density at radius 3 is 2.38 bits per heavy atom. The first kappa shape index (κ1) is 21.5. The second-order valence-corrected chi connectivity index (χ2v) is 8.18. The zero-order chi connectivity index (χ0) is 24.0. The molecule has 1 saturated heterocycles. The fourth-order valence-electron chi connectivity index (χ4n) is 4.28. The number of aryl methyl sites for hydroxylation is 2. The van der Waals surface area contributed by atoms with Gasteiger partial charge < -0.3 is 14.0 Å². The first-order valence-corrected chi connectivity index (χ1v) is 11.0. The molecule has 8 heteroatoms. The molecular weight excluding hydrogens is 434 g/mol. The lowest BCUT2D eigenvalue weighted by atomic mass is 10.1. The Bertz CT molecular complexity index is 1370. The summed E-state index contributed by atoms with van der Waals surface area (Å²) in [6.07, 6.45) is 2.37. The van der Waals surface area contributed by atoms with Crippen LogP contribution in [0.15, 0.2) is 54.1 Å². The van der Waals surface area contributed by atoms with Gasteiger partial charge in [-0.15, -0.1) is 0 Å². The summed E-state index contributed by atoms with van der Waals surface area (Å²) in [5.41, 5.74) is 4.70. The average Bonchev–Trinajstić information content (AvgIpc) is 3.40. The molecule has 2 aliphatic rings. The first-order chi connectivity index (χ1) is 16.4. The second kappa shape index (κ2) is 8.22. The van der Waals surface area contributed by atoms with Crippen LogP contribution in [0, 0.1) is 13.8 Å². The number of ether oxygens (including phenoxy) is 2. The van der Waals surface area contributed by atoms with Gasteiger partial charge in [0.05, 0.1) is 5.69 Å². The summed E-state index contributed by atoms with van der Waals surface area (Å²) in [6, 6.07) is 13.9. The van der Waals surface area contributed by atoms with Crippen molar-refractivity contribution in [2.75, 3.05) is 11.7 Å². The van der Waals surface area contributed by atoms with Gasteiger partial charge in [-0.1, -0.05) is 19.1 Å². The van der Waals surface area contributed by atoms with E-state index in [1.165, 1.54) is 6.08 Å². The number of benzene rings is 2. The van der Waals surface area contributed by atoms with Crippen LogP contribution in [0.1, 0.15) is 29.4 Å². The molecule has 0 unspecified atom stereocenters. The number of urea groups is 1. The Hall–Kier alpha value is -4.33. The van der Waals surface area contributed by atoms with Crippen LogP contribution >= 0.6 is 0 Å². The number of rotatable bonds is 4. The molecule has 1 fully saturated rings. The van der Waals surface area contributed by atoms with Crippen LogP contribution in [-0.2, 0) is 16.0 Å². The van der Waals surface area contributed by atoms with Gasteiger partial charge in [0.25, 0.3) is 11.8 Å². The van der Waals surface area contributed by atoms with E-state index in [9.17, 15) is 14.4 Å². The van der Waals surface area contributed by atoms with E-state index in [0.29, 0.717) is 22.7 Å². The quantitative estimate of drug-likeness (QED) is 0.472. The predicted molar refractivity (Wildman–Crippen MR) is 126 cm³/mol. The van der Waals surface area contributed by atoms with E-state index in [2.05, 4.69) is 5.32 Å². The molecule has 34 heavy (non-hydrogen) atoms. The summed E-state index contributed by atoms with van der Waals surface area (Å²) in [6.45, 7) is 6.05. The van der Waals surface area contributed by atoms with Crippen molar-refractivity contribution in [3.05, 3.63) is 76.6 Å². The third kappa shape index (κ3) is 3.53. The standard InChI is InChI=1S/C26H23N3O5/c1-4-17-5-7-19(8-6-17)29-25(31)21(24(30)27-26(29)32)12-18-11-15(2)28(16(18)3)20-9-10-22-23(13-20)34-14-33-22/h5-13H,4,14H2,1-3H3,(H,27,30,32)/b21-12-. The minimum Gasteiger partial charge on any atom is -0.454 e. The monoisotopic (exact) mass is 457 g/mol. The summed E-state index contributed by atoms with van der Waals surface area (Å²) in [4.78, 5) is 39.3. The van der Waals surface area contributed by atoms with Crippen LogP contribution in [0.4, 0.5) is 10.5 Å². The van der Waals surface area contributed by atoms with Crippen molar-refractivity contribution in [3.8, 4) is 17.2 Å². The normalized spacial score (nSPS) is 16.4. The molecular formula is C26H23N3O5. The smallest absolute Gasteiger partial charge is 0.335 e. The molecule has 0 atom stereocenters. The number of nitrogens with one attached hydrogen (secondary N) is 1. The lowest BCUT2D eigenvalue weighted by Gasteiger charge is -2.26. The SMILES string of the molecule is CCc1ccc(N2C(=O)NC(=O)/C(=C/c3cc(C)n(-c4ccc5c(c4)OCO5)c3C)C2=O)cc1. The molecule has 0 bridgehead atoms. The first-order valence-electron chi connectivity index (χ1n) is 11.0. The lowest BCUT2D eigenvalue weighted by Crippen LogP contribution is -2.54. The average molecular weight is 457 g/mol. The van der Waals surface area contributed by atoms with Gasteiger partial charge in [0.15, 0.2) is 11.5 Å². The Labute approximate surface area is 196 Å². The van der Waals surface area contributed by atoms with Gasteiger partial charge in [0, 0.05) is 23.1 Å². The molecule has 8 nitrogen and oxygen atoms in total. The van der Waals surface area contributed by atoms with E-state index < -0.39 is 17.8 Å². The molecule has 5 rings (SSSR count). The van der Waals surface area contributed by atoms with E-state index in [-0.39, 0.29) is 12.4 Å². The lowest BCUT2D eigenvalue weighted by molar-refractivity contribution is -0.122. The number of hydrogen-bond acceptors (Lipinski definition) is 5. The van der Waals surface area contributed by atoms with Crippen LogP contribution in [0.5, 0.6) is 11.5 Å². The summed E-state index contributed by atoms with van der Waals surface area (Å²) in [5.74, 6) is -0.0278. The highest BCUT2D eigenvalue weighted by molar-refractivity contribution is 6.39. The predicted octanol–water partition coefficient (Wildman–Crippen LogP) is 4.05. The molecule has 2 aliphatic heterocycles. The number of hydrogen-bond donors (Lipinski definition) is 1. The van der Waals surface area contributed by atoms with E-state index in [4.69, 9.17) is 9.47 Å². The molecule has 1 aromatic heterocycles. The number of carbonyl (C=O) groups excluding carboxylic acids is 3. The number of amides is 4. The summed E-state index contributed by atoms with van der Waals surface area (Å²) < 4.78 is 12.9. The number of carbonyl (C=O) groups is 3. The molecule has 0 radical (unpaired) electrons. The third-order valence-electron chi connectivity index (χ3n) is 6.09.